The topological polar surface area (TPSA) is 111 Å². The fraction of sp³-hybridized carbons (Fsp3) is 0.778. The van der Waals surface area contributed by atoms with Crippen LogP contribution >= 0.6 is 0 Å². The SMILES string of the molecule is CN(CC(N)=O)CC1CCC(C(=O)NN)O1. The molecular weight excluding hydrogens is 212 g/mol. The van der Waals surface area contributed by atoms with Gasteiger partial charge in [0.25, 0.3) is 5.91 Å². The molecule has 16 heavy (non-hydrogen) atoms. The van der Waals surface area contributed by atoms with Crippen LogP contribution in [0.2, 0.25) is 0 Å². The Morgan fingerprint density at radius 1 is 1.50 bits per heavy atom. The Morgan fingerprint density at radius 3 is 2.75 bits per heavy atom. The molecule has 0 aromatic rings. The minimum Gasteiger partial charge on any atom is -0.369 e. The minimum atomic E-state index is -0.475. The molecule has 2 amide bonds. The monoisotopic (exact) mass is 230 g/mol. The van der Waals surface area contributed by atoms with E-state index in [2.05, 4.69) is 5.43 Å². The van der Waals surface area contributed by atoms with Gasteiger partial charge in [-0.3, -0.25) is 19.9 Å². The zero-order chi connectivity index (χ0) is 12.1. The fourth-order valence-corrected chi connectivity index (χ4v) is 1.80. The van der Waals surface area contributed by atoms with Gasteiger partial charge in [-0.05, 0) is 19.9 Å². The number of hydrazine groups is 1. The lowest BCUT2D eigenvalue weighted by atomic mass is 10.2. The van der Waals surface area contributed by atoms with Gasteiger partial charge >= 0.3 is 0 Å². The number of nitrogens with two attached hydrogens (primary N) is 2. The van der Waals surface area contributed by atoms with Gasteiger partial charge in [-0.2, -0.15) is 0 Å². The number of hydrogen-bond acceptors (Lipinski definition) is 5. The van der Waals surface area contributed by atoms with Crippen LogP contribution in [0.3, 0.4) is 0 Å². The number of rotatable bonds is 5. The normalized spacial score (nSPS) is 24.7. The highest BCUT2D eigenvalue weighted by Crippen LogP contribution is 2.20. The predicted molar refractivity (Wildman–Crippen MR) is 56.9 cm³/mol. The van der Waals surface area contributed by atoms with E-state index >= 15 is 0 Å². The quantitative estimate of drug-likeness (QED) is 0.286. The van der Waals surface area contributed by atoms with E-state index in [9.17, 15) is 9.59 Å². The van der Waals surface area contributed by atoms with Crippen molar-refractivity contribution in [3.63, 3.8) is 0 Å². The van der Waals surface area contributed by atoms with Crippen LogP contribution in [0.15, 0.2) is 0 Å². The molecule has 0 saturated carbocycles. The molecule has 7 nitrogen and oxygen atoms in total. The second kappa shape index (κ2) is 5.78. The van der Waals surface area contributed by atoms with Crippen molar-refractivity contribution in [2.24, 2.45) is 11.6 Å². The zero-order valence-electron chi connectivity index (χ0n) is 9.31. The van der Waals surface area contributed by atoms with Gasteiger partial charge in [0, 0.05) is 6.54 Å². The highest BCUT2D eigenvalue weighted by molar-refractivity contribution is 5.80. The largest absolute Gasteiger partial charge is 0.369 e. The first-order valence-electron chi connectivity index (χ1n) is 5.15. The summed E-state index contributed by atoms with van der Waals surface area (Å²) < 4.78 is 5.48. The third kappa shape index (κ3) is 3.76. The van der Waals surface area contributed by atoms with Crippen molar-refractivity contribution in [3.05, 3.63) is 0 Å². The minimum absolute atomic E-state index is 0.0494. The number of ether oxygens (including phenoxy) is 1. The van der Waals surface area contributed by atoms with E-state index in [-0.39, 0.29) is 24.5 Å². The van der Waals surface area contributed by atoms with Gasteiger partial charge in [0.1, 0.15) is 6.10 Å². The summed E-state index contributed by atoms with van der Waals surface area (Å²) in [5.74, 6) is 4.33. The van der Waals surface area contributed by atoms with Crippen molar-refractivity contribution >= 4 is 11.8 Å². The van der Waals surface area contributed by atoms with E-state index < -0.39 is 6.10 Å². The van der Waals surface area contributed by atoms with Crippen LogP contribution in [0.5, 0.6) is 0 Å². The van der Waals surface area contributed by atoms with E-state index in [1.54, 1.807) is 11.9 Å². The summed E-state index contributed by atoms with van der Waals surface area (Å²) in [6, 6.07) is 0. The zero-order valence-corrected chi connectivity index (χ0v) is 9.31. The predicted octanol–water partition coefficient (Wildman–Crippen LogP) is -2.06. The molecule has 7 heteroatoms. The highest BCUT2D eigenvalue weighted by Gasteiger charge is 2.30. The molecular formula is C9H18N4O3. The van der Waals surface area contributed by atoms with E-state index in [1.807, 2.05) is 0 Å². The first kappa shape index (κ1) is 12.9. The summed E-state index contributed by atoms with van der Waals surface area (Å²) in [5.41, 5.74) is 7.12. The number of likely N-dealkylation sites (N-methyl/N-ethyl adjacent to an activating group) is 1. The number of hydrogen-bond donors (Lipinski definition) is 3. The second-order valence-electron chi connectivity index (χ2n) is 4.00. The number of carbonyl (C=O) groups excluding carboxylic acids is 2. The van der Waals surface area contributed by atoms with Crippen LogP contribution in [-0.4, -0.2) is 49.1 Å². The van der Waals surface area contributed by atoms with Crippen LogP contribution in [0.4, 0.5) is 0 Å². The van der Waals surface area contributed by atoms with E-state index in [4.69, 9.17) is 16.3 Å². The average molecular weight is 230 g/mol. The Bertz CT molecular complexity index is 271. The summed E-state index contributed by atoms with van der Waals surface area (Å²) >= 11 is 0. The van der Waals surface area contributed by atoms with Crippen molar-refractivity contribution in [2.75, 3.05) is 20.1 Å². The van der Waals surface area contributed by atoms with E-state index in [0.29, 0.717) is 13.0 Å². The molecule has 1 rings (SSSR count). The molecule has 0 aromatic heterocycles. The third-order valence-corrected chi connectivity index (χ3v) is 2.48. The molecule has 92 valence electrons. The Morgan fingerprint density at radius 2 is 2.19 bits per heavy atom. The molecule has 1 heterocycles. The Balaban J connectivity index is 2.31. The summed E-state index contributed by atoms with van der Waals surface area (Å²) in [4.78, 5) is 23.6. The van der Waals surface area contributed by atoms with Gasteiger partial charge in [-0.1, -0.05) is 0 Å². The van der Waals surface area contributed by atoms with Crippen molar-refractivity contribution in [2.45, 2.75) is 25.0 Å². The summed E-state index contributed by atoms with van der Waals surface area (Å²) in [7, 11) is 1.78. The first-order valence-corrected chi connectivity index (χ1v) is 5.15. The average Bonchev–Trinajstić information content (AvgIpc) is 2.63. The summed E-state index contributed by atoms with van der Waals surface area (Å²) in [6.07, 6.45) is 0.905. The lowest BCUT2D eigenvalue weighted by molar-refractivity contribution is -0.132. The van der Waals surface area contributed by atoms with Gasteiger partial charge in [0.2, 0.25) is 5.91 Å². The molecule has 0 aliphatic carbocycles. The van der Waals surface area contributed by atoms with Crippen LogP contribution in [0, 0.1) is 0 Å². The standard InChI is InChI=1S/C9H18N4O3/c1-13(5-8(10)14)4-6-2-3-7(16-6)9(15)12-11/h6-7H,2-5,11H2,1H3,(H2,10,14)(H,12,15). The molecule has 0 radical (unpaired) electrons. The first-order chi connectivity index (χ1) is 7.52. The third-order valence-electron chi connectivity index (χ3n) is 2.48. The molecule has 0 bridgehead atoms. The van der Waals surface area contributed by atoms with Crippen LogP contribution in [0.25, 0.3) is 0 Å². The maximum Gasteiger partial charge on any atom is 0.263 e. The Labute approximate surface area is 94.0 Å². The lowest BCUT2D eigenvalue weighted by Gasteiger charge is -2.19. The molecule has 1 fully saturated rings. The van der Waals surface area contributed by atoms with Crippen molar-refractivity contribution in [3.8, 4) is 0 Å². The maximum atomic E-state index is 11.2. The van der Waals surface area contributed by atoms with Crippen molar-refractivity contribution in [1.29, 1.82) is 0 Å². The number of amides is 2. The Hall–Kier alpha value is -1.18. The lowest BCUT2D eigenvalue weighted by Crippen LogP contribution is -2.40. The molecule has 5 N–H and O–H groups in total. The second-order valence-corrected chi connectivity index (χ2v) is 4.00. The van der Waals surface area contributed by atoms with Crippen molar-refractivity contribution < 1.29 is 14.3 Å². The molecule has 1 saturated heterocycles. The molecule has 1 aliphatic heterocycles. The van der Waals surface area contributed by atoms with Gasteiger partial charge in [-0.15, -0.1) is 0 Å². The molecule has 1 aliphatic rings. The number of nitrogens with one attached hydrogen (secondary N) is 1. The fourth-order valence-electron chi connectivity index (χ4n) is 1.80. The molecule has 0 aromatic carbocycles. The smallest absolute Gasteiger partial charge is 0.263 e. The number of nitrogens with zero attached hydrogens (tertiary/aromatic N) is 1. The summed E-state index contributed by atoms with van der Waals surface area (Å²) in [5, 5.41) is 0. The van der Waals surface area contributed by atoms with E-state index in [1.165, 1.54) is 0 Å². The summed E-state index contributed by atoms with van der Waals surface area (Å²) in [6.45, 7) is 0.769. The van der Waals surface area contributed by atoms with Gasteiger partial charge in [0.15, 0.2) is 0 Å². The van der Waals surface area contributed by atoms with Crippen LogP contribution < -0.4 is 17.0 Å². The van der Waals surface area contributed by atoms with E-state index in [0.717, 1.165) is 6.42 Å². The van der Waals surface area contributed by atoms with Gasteiger partial charge < -0.3 is 10.5 Å². The number of carbonyl (C=O) groups is 2. The number of primary amides is 1. The van der Waals surface area contributed by atoms with Gasteiger partial charge in [0.05, 0.1) is 12.6 Å². The van der Waals surface area contributed by atoms with Gasteiger partial charge in [-0.25, -0.2) is 5.84 Å². The molecule has 0 spiro atoms. The van der Waals surface area contributed by atoms with Crippen LogP contribution in [0.1, 0.15) is 12.8 Å². The highest BCUT2D eigenvalue weighted by atomic mass is 16.5. The van der Waals surface area contributed by atoms with Crippen molar-refractivity contribution in [1.82, 2.24) is 10.3 Å². The molecule has 2 unspecified atom stereocenters. The van der Waals surface area contributed by atoms with Crippen LogP contribution in [-0.2, 0) is 14.3 Å². The maximum absolute atomic E-state index is 11.2. The Kier molecular flexibility index (Phi) is 4.66. The molecule has 2 atom stereocenters.